The molecular formula is C24H32BClN2O4. The highest BCUT2D eigenvalue weighted by Crippen LogP contribution is 2.22. The van der Waals surface area contributed by atoms with Crippen LogP contribution in [0, 0.1) is 5.92 Å². The maximum absolute atomic E-state index is 12.4. The molecule has 0 spiro atoms. The van der Waals surface area contributed by atoms with Gasteiger partial charge in [0, 0.05) is 10.6 Å². The zero-order chi connectivity index (χ0) is 23.3. The van der Waals surface area contributed by atoms with Crippen molar-refractivity contribution in [3.63, 3.8) is 0 Å². The SMILES string of the molecule is CC1CCCCC1.O=C(CC(NC(=O)c1ccccc1)c1cccc(Cl)c1)NCB(O)O. The minimum Gasteiger partial charge on any atom is -0.426 e. The molecule has 0 saturated heterocycles. The van der Waals surface area contributed by atoms with Crippen LogP contribution in [0.2, 0.25) is 5.02 Å². The molecule has 0 bridgehead atoms. The number of rotatable bonds is 7. The summed E-state index contributed by atoms with van der Waals surface area (Å²) in [6.07, 6.45) is 7.09. The molecule has 1 fully saturated rings. The van der Waals surface area contributed by atoms with E-state index in [0.717, 1.165) is 5.92 Å². The van der Waals surface area contributed by atoms with E-state index in [9.17, 15) is 9.59 Å². The van der Waals surface area contributed by atoms with Gasteiger partial charge in [-0.25, -0.2) is 0 Å². The average molecular weight is 459 g/mol. The van der Waals surface area contributed by atoms with Crippen LogP contribution < -0.4 is 10.6 Å². The largest absolute Gasteiger partial charge is 0.472 e. The van der Waals surface area contributed by atoms with Crippen molar-refractivity contribution >= 4 is 30.5 Å². The van der Waals surface area contributed by atoms with Gasteiger partial charge in [0.25, 0.3) is 5.91 Å². The van der Waals surface area contributed by atoms with Gasteiger partial charge in [0.2, 0.25) is 5.91 Å². The lowest BCUT2D eigenvalue weighted by atomic mass is 9.91. The lowest BCUT2D eigenvalue weighted by Crippen LogP contribution is -2.38. The molecule has 0 heterocycles. The van der Waals surface area contributed by atoms with E-state index in [0.29, 0.717) is 16.1 Å². The number of carbonyl (C=O) groups excluding carboxylic acids is 2. The molecule has 2 amide bonds. The number of carbonyl (C=O) groups is 2. The molecule has 0 radical (unpaired) electrons. The lowest BCUT2D eigenvalue weighted by molar-refractivity contribution is -0.121. The number of hydrogen-bond donors (Lipinski definition) is 4. The summed E-state index contributed by atoms with van der Waals surface area (Å²) in [7, 11) is -1.63. The van der Waals surface area contributed by atoms with Gasteiger partial charge in [-0.15, -0.1) is 0 Å². The quantitative estimate of drug-likeness (QED) is 0.473. The van der Waals surface area contributed by atoms with Gasteiger partial charge in [-0.1, -0.05) is 81.0 Å². The van der Waals surface area contributed by atoms with Crippen LogP contribution in [-0.2, 0) is 4.79 Å². The summed E-state index contributed by atoms with van der Waals surface area (Å²) >= 11 is 6.00. The van der Waals surface area contributed by atoms with Crippen LogP contribution in [-0.4, -0.2) is 35.4 Å². The molecule has 6 nitrogen and oxygen atoms in total. The minimum atomic E-state index is -1.63. The molecule has 4 N–H and O–H groups in total. The van der Waals surface area contributed by atoms with E-state index in [2.05, 4.69) is 17.6 Å². The van der Waals surface area contributed by atoms with Gasteiger partial charge in [-0.05, 0) is 35.7 Å². The Hall–Kier alpha value is -2.35. The highest BCUT2D eigenvalue weighted by atomic mass is 35.5. The molecule has 8 heteroatoms. The fraction of sp³-hybridized carbons (Fsp3) is 0.417. The summed E-state index contributed by atoms with van der Waals surface area (Å²) in [6, 6.07) is 14.9. The maximum atomic E-state index is 12.4. The minimum absolute atomic E-state index is 0.0639. The second-order valence-electron chi connectivity index (χ2n) is 8.18. The second kappa shape index (κ2) is 13.9. The van der Waals surface area contributed by atoms with E-state index in [1.54, 1.807) is 54.6 Å². The van der Waals surface area contributed by atoms with Crippen molar-refractivity contribution in [2.24, 2.45) is 5.92 Å². The zero-order valence-electron chi connectivity index (χ0n) is 18.5. The summed E-state index contributed by atoms with van der Waals surface area (Å²) < 4.78 is 0. The normalized spacial score (nSPS) is 14.5. The molecule has 0 aromatic heterocycles. The second-order valence-corrected chi connectivity index (χ2v) is 8.62. The van der Waals surface area contributed by atoms with Crippen molar-refractivity contribution in [2.75, 3.05) is 6.44 Å². The van der Waals surface area contributed by atoms with Crippen LogP contribution in [0.1, 0.15) is 67.4 Å². The zero-order valence-corrected chi connectivity index (χ0v) is 19.2. The van der Waals surface area contributed by atoms with Crippen LogP contribution in [0.15, 0.2) is 54.6 Å². The Morgan fingerprint density at radius 1 is 1.06 bits per heavy atom. The number of nitrogens with one attached hydrogen (secondary N) is 2. The summed E-state index contributed by atoms with van der Waals surface area (Å²) in [5.74, 6) is 0.292. The van der Waals surface area contributed by atoms with Crippen molar-refractivity contribution in [3.05, 3.63) is 70.7 Å². The molecule has 1 unspecified atom stereocenters. The highest BCUT2D eigenvalue weighted by molar-refractivity contribution is 6.41. The Morgan fingerprint density at radius 2 is 1.75 bits per heavy atom. The smallest absolute Gasteiger partial charge is 0.426 e. The standard InChI is InChI=1S/C17H18BClN2O4.C7H14/c19-14-8-4-7-13(9-14)15(10-16(22)20-11-18(24)25)21-17(23)12-5-2-1-3-6-12;1-7-5-3-2-4-6-7/h1-9,15,24-25H,10-11H2,(H,20,22)(H,21,23);7H,2-6H2,1H3. The Bertz CT molecular complexity index is 845. The molecule has 1 saturated carbocycles. The van der Waals surface area contributed by atoms with E-state index in [-0.39, 0.29) is 18.8 Å². The van der Waals surface area contributed by atoms with Crippen molar-refractivity contribution in [2.45, 2.75) is 51.5 Å². The van der Waals surface area contributed by atoms with E-state index >= 15 is 0 Å². The maximum Gasteiger partial charge on any atom is 0.472 e. The Balaban J connectivity index is 0.000000439. The van der Waals surface area contributed by atoms with Crippen molar-refractivity contribution in [3.8, 4) is 0 Å². The molecule has 172 valence electrons. The van der Waals surface area contributed by atoms with Crippen LogP contribution in [0.4, 0.5) is 0 Å². The summed E-state index contributed by atoms with van der Waals surface area (Å²) in [4.78, 5) is 24.4. The summed E-state index contributed by atoms with van der Waals surface area (Å²) in [6.45, 7) is 2.36. The van der Waals surface area contributed by atoms with Gasteiger partial charge in [-0.2, -0.15) is 0 Å². The lowest BCUT2D eigenvalue weighted by Gasteiger charge is -2.19. The first-order valence-electron chi connectivity index (χ1n) is 11.1. The van der Waals surface area contributed by atoms with Gasteiger partial charge in [0.15, 0.2) is 0 Å². The molecule has 2 aromatic carbocycles. The van der Waals surface area contributed by atoms with Crippen LogP contribution in [0.25, 0.3) is 0 Å². The molecule has 1 aliphatic rings. The Morgan fingerprint density at radius 3 is 2.31 bits per heavy atom. The Labute approximate surface area is 195 Å². The van der Waals surface area contributed by atoms with E-state index in [1.165, 1.54) is 32.1 Å². The van der Waals surface area contributed by atoms with Crippen LogP contribution >= 0.6 is 11.6 Å². The highest BCUT2D eigenvalue weighted by Gasteiger charge is 2.20. The number of amides is 2. The first-order valence-corrected chi connectivity index (χ1v) is 11.5. The fourth-order valence-corrected chi connectivity index (χ4v) is 3.77. The predicted octanol–water partition coefficient (Wildman–Crippen LogP) is 3.92. The molecule has 32 heavy (non-hydrogen) atoms. The van der Waals surface area contributed by atoms with Crippen molar-refractivity contribution in [1.82, 2.24) is 10.6 Å². The molecule has 0 aliphatic heterocycles. The molecular weight excluding hydrogens is 427 g/mol. The topological polar surface area (TPSA) is 98.7 Å². The van der Waals surface area contributed by atoms with Gasteiger partial charge in [-0.3, -0.25) is 9.59 Å². The van der Waals surface area contributed by atoms with Crippen molar-refractivity contribution in [1.29, 1.82) is 0 Å². The first kappa shape index (κ1) is 25.9. The average Bonchev–Trinajstić information content (AvgIpc) is 2.79. The number of hydrogen-bond acceptors (Lipinski definition) is 4. The van der Waals surface area contributed by atoms with Crippen LogP contribution in [0.5, 0.6) is 0 Å². The molecule has 2 aromatic rings. The van der Waals surface area contributed by atoms with Crippen LogP contribution in [0.3, 0.4) is 0 Å². The number of halogens is 1. The fourth-order valence-electron chi connectivity index (χ4n) is 3.58. The third-order valence-electron chi connectivity index (χ3n) is 5.36. The van der Waals surface area contributed by atoms with E-state index in [4.69, 9.17) is 21.6 Å². The monoisotopic (exact) mass is 458 g/mol. The summed E-state index contributed by atoms with van der Waals surface area (Å²) in [5.41, 5.74) is 1.15. The van der Waals surface area contributed by atoms with E-state index in [1.807, 2.05) is 0 Å². The van der Waals surface area contributed by atoms with Gasteiger partial charge in [0.1, 0.15) is 0 Å². The predicted molar refractivity (Wildman–Crippen MR) is 128 cm³/mol. The molecule has 3 rings (SSSR count). The van der Waals surface area contributed by atoms with Crippen molar-refractivity contribution < 1.29 is 19.6 Å². The van der Waals surface area contributed by atoms with Gasteiger partial charge < -0.3 is 20.7 Å². The summed E-state index contributed by atoms with van der Waals surface area (Å²) in [5, 5.41) is 23.4. The molecule has 1 aliphatic carbocycles. The first-order chi connectivity index (χ1) is 15.3. The number of benzene rings is 2. The Kier molecular flexibility index (Phi) is 11.3. The van der Waals surface area contributed by atoms with E-state index < -0.39 is 19.1 Å². The third kappa shape index (κ3) is 9.85. The van der Waals surface area contributed by atoms with Gasteiger partial charge >= 0.3 is 7.12 Å². The third-order valence-corrected chi connectivity index (χ3v) is 5.59. The molecule has 1 atom stereocenters. The van der Waals surface area contributed by atoms with Gasteiger partial charge in [0.05, 0.1) is 18.9 Å².